The average molecular weight is 280 g/mol. The fourth-order valence-electron chi connectivity index (χ4n) is 1.64. The number of nitriles is 1. The smallest absolute Gasteiger partial charge is 0.193 e. The zero-order valence-electron chi connectivity index (χ0n) is 10.6. The highest BCUT2D eigenvalue weighted by Gasteiger charge is 2.24. The first-order valence-corrected chi connectivity index (χ1v) is 6.00. The molecule has 0 bridgehead atoms. The summed E-state index contributed by atoms with van der Waals surface area (Å²) in [4.78, 5) is 12.0. The Balaban J connectivity index is 2.36. The van der Waals surface area contributed by atoms with Gasteiger partial charge < -0.3 is 5.32 Å². The van der Waals surface area contributed by atoms with Gasteiger partial charge in [-0.25, -0.2) is 13.2 Å². The molecule has 0 heterocycles. The molecule has 1 fully saturated rings. The van der Waals surface area contributed by atoms with E-state index < -0.39 is 34.4 Å². The molecule has 1 aromatic carbocycles. The summed E-state index contributed by atoms with van der Waals surface area (Å²) in [6, 6.07) is 2.00. The second-order valence-corrected chi connectivity index (χ2v) is 4.62. The van der Waals surface area contributed by atoms with Crippen LogP contribution in [0, 0.1) is 28.8 Å². The van der Waals surface area contributed by atoms with Crippen LogP contribution in [0.2, 0.25) is 0 Å². The van der Waals surface area contributed by atoms with Gasteiger partial charge in [0.25, 0.3) is 0 Å². The number of allylic oxidation sites excluding steroid dienone is 1. The molecule has 104 valence electrons. The van der Waals surface area contributed by atoms with Crippen molar-refractivity contribution in [1.29, 1.82) is 5.26 Å². The van der Waals surface area contributed by atoms with Gasteiger partial charge in [-0.15, -0.1) is 0 Å². The molecule has 0 radical (unpaired) electrons. The molecule has 6 heteroatoms. The first-order valence-electron chi connectivity index (χ1n) is 6.00. The molecule has 0 aromatic heterocycles. The molecule has 0 amide bonds. The third-order valence-corrected chi connectivity index (χ3v) is 2.98. The first kappa shape index (κ1) is 14.1. The largest absolute Gasteiger partial charge is 0.388 e. The number of carbonyl (C=O) groups excluding carboxylic acids is 1. The molecule has 0 unspecified atom stereocenters. The van der Waals surface area contributed by atoms with Crippen LogP contribution in [0.5, 0.6) is 0 Å². The molecular weight excluding hydrogens is 269 g/mol. The van der Waals surface area contributed by atoms with Crippen LogP contribution in [0.25, 0.3) is 0 Å². The van der Waals surface area contributed by atoms with Crippen molar-refractivity contribution in [3.63, 3.8) is 0 Å². The molecule has 0 saturated heterocycles. The van der Waals surface area contributed by atoms with E-state index in [-0.39, 0.29) is 5.57 Å². The summed E-state index contributed by atoms with van der Waals surface area (Å²) in [6.45, 7) is 1.43. The molecule has 20 heavy (non-hydrogen) atoms. The second kappa shape index (κ2) is 5.37. The Morgan fingerprint density at radius 1 is 1.40 bits per heavy atom. The van der Waals surface area contributed by atoms with E-state index >= 15 is 0 Å². The average Bonchev–Trinajstić information content (AvgIpc) is 3.24. The van der Waals surface area contributed by atoms with Gasteiger partial charge in [-0.2, -0.15) is 5.26 Å². The highest BCUT2D eigenvalue weighted by Crippen LogP contribution is 2.22. The summed E-state index contributed by atoms with van der Waals surface area (Å²) in [5.41, 5.74) is -1.58. The molecule has 1 aliphatic rings. The van der Waals surface area contributed by atoms with E-state index in [0.717, 1.165) is 12.8 Å². The number of hydrogen-bond donors (Lipinski definition) is 1. The van der Waals surface area contributed by atoms with Gasteiger partial charge in [0.05, 0.1) is 5.56 Å². The van der Waals surface area contributed by atoms with Crippen LogP contribution in [0.4, 0.5) is 13.2 Å². The van der Waals surface area contributed by atoms with Crippen molar-refractivity contribution in [1.82, 2.24) is 5.32 Å². The molecule has 1 N–H and O–H groups in total. The van der Waals surface area contributed by atoms with Crippen molar-refractivity contribution in [2.75, 3.05) is 0 Å². The third-order valence-electron chi connectivity index (χ3n) is 2.98. The number of nitrogens with zero attached hydrogens (tertiary/aromatic N) is 1. The van der Waals surface area contributed by atoms with Crippen LogP contribution in [-0.4, -0.2) is 11.8 Å². The Morgan fingerprint density at radius 2 is 2.05 bits per heavy atom. The monoisotopic (exact) mass is 280 g/mol. The van der Waals surface area contributed by atoms with Crippen LogP contribution in [-0.2, 0) is 0 Å². The molecule has 2 rings (SSSR count). The van der Waals surface area contributed by atoms with Crippen molar-refractivity contribution in [3.05, 3.63) is 46.4 Å². The van der Waals surface area contributed by atoms with Crippen LogP contribution < -0.4 is 5.32 Å². The summed E-state index contributed by atoms with van der Waals surface area (Å²) >= 11 is 0. The summed E-state index contributed by atoms with van der Waals surface area (Å²) in [7, 11) is 0. The minimum atomic E-state index is -1.58. The highest BCUT2D eigenvalue weighted by molar-refractivity contribution is 6.08. The van der Waals surface area contributed by atoms with E-state index in [1.54, 1.807) is 0 Å². The van der Waals surface area contributed by atoms with Crippen molar-refractivity contribution in [2.24, 2.45) is 0 Å². The van der Waals surface area contributed by atoms with Gasteiger partial charge in [-0.3, -0.25) is 4.79 Å². The van der Waals surface area contributed by atoms with Crippen molar-refractivity contribution in [3.8, 4) is 6.07 Å². The third kappa shape index (κ3) is 2.67. The zero-order chi connectivity index (χ0) is 14.9. The Morgan fingerprint density at radius 3 is 2.60 bits per heavy atom. The fraction of sp³-hybridized carbons (Fsp3) is 0.286. The molecule has 1 aromatic rings. The summed E-state index contributed by atoms with van der Waals surface area (Å²) in [5.74, 6) is -5.13. The number of ketones is 1. The van der Waals surface area contributed by atoms with E-state index in [9.17, 15) is 18.0 Å². The minimum Gasteiger partial charge on any atom is -0.388 e. The topological polar surface area (TPSA) is 52.9 Å². The van der Waals surface area contributed by atoms with E-state index in [4.69, 9.17) is 5.26 Å². The predicted octanol–water partition coefficient (Wildman–Crippen LogP) is 2.81. The minimum absolute atomic E-state index is 0.158. The Kier molecular flexibility index (Phi) is 3.79. The van der Waals surface area contributed by atoms with Gasteiger partial charge in [0.15, 0.2) is 23.2 Å². The molecule has 0 aliphatic heterocycles. The highest BCUT2D eigenvalue weighted by atomic mass is 19.2. The predicted molar refractivity (Wildman–Crippen MR) is 65.3 cm³/mol. The Bertz CT molecular complexity index is 643. The van der Waals surface area contributed by atoms with Crippen molar-refractivity contribution in [2.45, 2.75) is 25.8 Å². The Hall–Kier alpha value is -2.29. The van der Waals surface area contributed by atoms with Crippen LogP contribution >= 0.6 is 0 Å². The lowest BCUT2D eigenvalue weighted by molar-refractivity contribution is 0.102. The van der Waals surface area contributed by atoms with Gasteiger partial charge in [0, 0.05) is 17.8 Å². The lowest BCUT2D eigenvalue weighted by atomic mass is 10.0. The number of Topliss-reactive ketones (excluding diaryl/α,β-unsaturated/α-hetero) is 1. The van der Waals surface area contributed by atoms with Gasteiger partial charge in [0.2, 0.25) is 0 Å². The van der Waals surface area contributed by atoms with Gasteiger partial charge >= 0.3 is 0 Å². The standard InChI is InChI=1S/C14H11F3N2O/c1-7(6-19-8-2-3-8)14(20)9-4-11(15)13(17)10(5-18)12(9)16/h4,6,8,19H,2-3H2,1H3/b7-6+. The van der Waals surface area contributed by atoms with E-state index in [0.29, 0.717) is 12.1 Å². The lowest BCUT2D eigenvalue weighted by Crippen LogP contribution is -2.13. The maximum absolute atomic E-state index is 13.8. The molecular formula is C14H11F3N2O. The molecule has 1 saturated carbocycles. The number of nitrogens with one attached hydrogen (secondary N) is 1. The van der Waals surface area contributed by atoms with Crippen molar-refractivity contribution < 1.29 is 18.0 Å². The van der Waals surface area contributed by atoms with Crippen molar-refractivity contribution >= 4 is 5.78 Å². The van der Waals surface area contributed by atoms with Gasteiger partial charge in [-0.1, -0.05) is 0 Å². The van der Waals surface area contributed by atoms with Gasteiger partial charge in [0.1, 0.15) is 11.6 Å². The van der Waals surface area contributed by atoms with Crippen LogP contribution in [0.3, 0.4) is 0 Å². The SMILES string of the molecule is C/C(=C\NC1CC1)C(=O)c1cc(F)c(F)c(C#N)c1F. The number of carbonyl (C=O) groups is 1. The number of rotatable bonds is 4. The van der Waals surface area contributed by atoms with Crippen LogP contribution in [0.15, 0.2) is 17.8 Å². The van der Waals surface area contributed by atoms with Gasteiger partial charge in [-0.05, 0) is 25.8 Å². The quantitative estimate of drug-likeness (QED) is 0.524. The van der Waals surface area contributed by atoms with Crippen LogP contribution in [0.1, 0.15) is 35.7 Å². The van der Waals surface area contributed by atoms with E-state index in [2.05, 4.69) is 5.32 Å². The summed E-state index contributed by atoms with van der Waals surface area (Å²) < 4.78 is 40.3. The molecule has 1 aliphatic carbocycles. The van der Waals surface area contributed by atoms with E-state index in [1.165, 1.54) is 19.2 Å². The number of halogens is 3. The number of benzene rings is 1. The maximum atomic E-state index is 13.8. The summed E-state index contributed by atoms with van der Waals surface area (Å²) in [6.07, 6.45) is 3.42. The lowest BCUT2D eigenvalue weighted by Gasteiger charge is -2.06. The molecule has 0 spiro atoms. The zero-order valence-corrected chi connectivity index (χ0v) is 10.6. The van der Waals surface area contributed by atoms with E-state index in [1.807, 2.05) is 0 Å². The fourth-order valence-corrected chi connectivity index (χ4v) is 1.64. The molecule has 3 nitrogen and oxygen atoms in total. The number of hydrogen-bond acceptors (Lipinski definition) is 3. The maximum Gasteiger partial charge on any atom is 0.193 e. The molecule has 0 atom stereocenters. The second-order valence-electron chi connectivity index (χ2n) is 4.62. The first-order chi connectivity index (χ1) is 9.45. The Labute approximate surface area is 113 Å². The normalized spacial score (nSPS) is 14.8. The summed E-state index contributed by atoms with van der Waals surface area (Å²) in [5, 5.41) is 11.6.